The van der Waals surface area contributed by atoms with Gasteiger partial charge in [-0.1, -0.05) is 21.0 Å². The molecule has 3 aromatic carbocycles. The van der Waals surface area contributed by atoms with Crippen LogP contribution in [0.5, 0.6) is 5.75 Å². The minimum atomic E-state index is -3.48. The van der Waals surface area contributed by atoms with Gasteiger partial charge in [0.25, 0.3) is 0 Å². The lowest BCUT2D eigenvalue weighted by Gasteiger charge is -2.19. The monoisotopic (exact) mass is 424 g/mol. The number of ether oxygens (including phenoxy) is 1. The summed E-state index contributed by atoms with van der Waals surface area (Å²) in [5.41, 5.74) is 0.0694. The van der Waals surface area contributed by atoms with Crippen LogP contribution in [-0.2, 0) is 0 Å². The van der Waals surface area contributed by atoms with Crippen molar-refractivity contribution in [3.8, 4) is 5.75 Å². The number of methoxy groups -OCH3 is 1. The van der Waals surface area contributed by atoms with Crippen molar-refractivity contribution in [3.05, 3.63) is 82.4 Å². The van der Waals surface area contributed by atoms with E-state index in [1.54, 1.807) is 0 Å². The van der Waals surface area contributed by atoms with E-state index in [-0.39, 0.29) is 25.7 Å². The molecule has 0 bridgehead atoms. The highest BCUT2D eigenvalue weighted by molar-refractivity contribution is 6.95. The molecule has 0 unspecified atom stereocenters. The second-order valence-corrected chi connectivity index (χ2v) is 9.37. The first kappa shape index (κ1) is 21.3. The van der Waals surface area contributed by atoms with Crippen molar-refractivity contribution in [2.24, 2.45) is 0 Å². The van der Waals surface area contributed by atoms with Gasteiger partial charge in [-0.3, -0.25) is 0 Å². The molecule has 0 atom stereocenters. The fraction of sp³-hybridized carbons (Fsp3) is 0.143. The van der Waals surface area contributed by atoms with Gasteiger partial charge < -0.3 is 4.74 Å². The van der Waals surface area contributed by atoms with Crippen LogP contribution in [0.25, 0.3) is 0 Å². The highest BCUT2D eigenvalue weighted by Gasteiger charge is 2.36. The number of halogens is 6. The third kappa shape index (κ3) is 4.00. The molecule has 0 heterocycles. The molecule has 1 nitrogen and oxygen atoms in total. The van der Waals surface area contributed by atoms with Crippen LogP contribution in [0.2, 0.25) is 0 Å². The molecule has 0 aliphatic heterocycles. The Hall–Kier alpha value is -2.43. The predicted molar refractivity (Wildman–Crippen MR) is 99.8 cm³/mol. The number of rotatable bonds is 4. The average Bonchev–Trinajstić information content (AvgIpc) is 2.65. The lowest BCUT2D eigenvalue weighted by molar-refractivity contribution is 0.407. The van der Waals surface area contributed by atoms with Gasteiger partial charge in [0, 0.05) is 24.3 Å². The molecule has 0 aliphatic carbocycles. The number of hydrogen-bond donors (Lipinski definition) is 0. The molecule has 0 amide bonds. The van der Waals surface area contributed by atoms with Gasteiger partial charge in [0.05, 0.1) is 7.11 Å². The lowest BCUT2D eigenvalue weighted by Crippen LogP contribution is -2.57. The quantitative estimate of drug-likeness (QED) is 0.459. The van der Waals surface area contributed by atoms with E-state index in [2.05, 4.69) is 0 Å². The Morgan fingerprint density at radius 1 is 0.586 bits per heavy atom. The average molecular weight is 424 g/mol. The molecule has 0 spiro atoms. The second-order valence-electron chi connectivity index (χ2n) is 6.68. The zero-order chi connectivity index (χ0) is 21.5. The van der Waals surface area contributed by atoms with Gasteiger partial charge in [0.15, 0.2) is 0 Å². The first-order chi connectivity index (χ1) is 13.6. The molecular weight excluding hydrogens is 409 g/mol. The van der Waals surface area contributed by atoms with Crippen LogP contribution in [0.3, 0.4) is 0 Å². The molecule has 0 aromatic heterocycles. The van der Waals surface area contributed by atoms with Crippen LogP contribution >= 0.6 is 0 Å². The summed E-state index contributed by atoms with van der Waals surface area (Å²) in [5, 5.41) is 0. The zero-order valence-corrected chi connectivity index (χ0v) is 16.9. The molecule has 8 heteroatoms. The third-order valence-corrected chi connectivity index (χ3v) is 8.01. The van der Waals surface area contributed by atoms with E-state index in [1.807, 2.05) is 0 Å². The molecule has 0 aliphatic rings. The van der Waals surface area contributed by atoms with Crippen LogP contribution in [0, 0.1) is 48.8 Å². The van der Waals surface area contributed by atoms with Crippen molar-refractivity contribution in [3.63, 3.8) is 0 Å². The summed E-state index contributed by atoms with van der Waals surface area (Å²) >= 11 is -3.48. The highest BCUT2D eigenvalue weighted by atomic mass is 27.2. The summed E-state index contributed by atoms with van der Waals surface area (Å²) in [6, 6.07) is 5.23. The molecule has 0 radical (unpaired) electrons. The first-order valence-corrected chi connectivity index (χ1v) is 10.3. The Balaban J connectivity index is 2.39. The van der Waals surface area contributed by atoms with Crippen molar-refractivity contribution in [2.45, 2.75) is 13.8 Å². The summed E-state index contributed by atoms with van der Waals surface area (Å²) in [6.07, 6.45) is 0. The summed E-state index contributed by atoms with van der Waals surface area (Å²) in [4.78, 5) is 0. The van der Waals surface area contributed by atoms with Crippen LogP contribution in [0.4, 0.5) is 26.3 Å². The highest BCUT2D eigenvalue weighted by Crippen LogP contribution is 2.17. The van der Waals surface area contributed by atoms with Crippen molar-refractivity contribution >= 4 is 27.4 Å². The van der Waals surface area contributed by atoms with Crippen LogP contribution in [0.1, 0.15) is 11.1 Å². The number of hydrogen-bond acceptors (Lipinski definition) is 1. The fourth-order valence-corrected chi connectivity index (χ4v) is 6.46. The zero-order valence-electron chi connectivity index (χ0n) is 15.7. The van der Waals surface area contributed by atoms with E-state index in [1.165, 1.54) is 21.0 Å². The summed E-state index contributed by atoms with van der Waals surface area (Å²) in [6.45, 7) is 2.72. The molecule has 0 N–H and O–H groups in total. The summed E-state index contributed by atoms with van der Waals surface area (Å²) < 4.78 is 90.5. The molecule has 3 rings (SSSR count). The molecule has 3 aromatic rings. The van der Waals surface area contributed by atoms with Gasteiger partial charge in [-0.15, -0.1) is 0 Å². The first-order valence-electron chi connectivity index (χ1n) is 8.58. The van der Waals surface area contributed by atoms with Gasteiger partial charge in [-0.25, -0.2) is 26.3 Å². The smallest absolute Gasteiger partial charge is 0.402 e. The van der Waals surface area contributed by atoms with Crippen molar-refractivity contribution < 1.29 is 31.1 Å². The molecular formula is C21H15AlF6O. The van der Waals surface area contributed by atoms with E-state index >= 15 is 0 Å². The maximum Gasteiger partial charge on any atom is 0.402 e. The van der Waals surface area contributed by atoms with Gasteiger partial charge >= 0.3 is 14.1 Å². The van der Waals surface area contributed by atoms with Gasteiger partial charge in [-0.2, -0.15) is 0 Å². The maximum absolute atomic E-state index is 14.9. The normalized spacial score (nSPS) is 10.9. The second kappa shape index (κ2) is 8.13. The Kier molecular flexibility index (Phi) is 5.97. The van der Waals surface area contributed by atoms with Crippen molar-refractivity contribution in [1.82, 2.24) is 0 Å². The number of aryl methyl sites for hydroxylation is 2. The summed E-state index contributed by atoms with van der Waals surface area (Å²) in [7, 11) is 1.22. The minimum Gasteiger partial charge on any atom is -0.497 e. The fourth-order valence-electron chi connectivity index (χ4n) is 3.23. The summed E-state index contributed by atoms with van der Waals surface area (Å²) in [5.74, 6) is -6.01. The predicted octanol–water partition coefficient (Wildman–Crippen LogP) is 3.66. The Bertz CT molecular complexity index is 1020. The Morgan fingerprint density at radius 2 is 1.00 bits per heavy atom. The third-order valence-electron chi connectivity index (χ3n) is 4.75. The van der Waals surface area contributed by atoms with E-state index in [9.17, 15) is 26.3 Å². The largest absolute Gasteiger partial charge is 0.497 e. The van der Waals surface area contributed by atoms with Gasteiger partial charge in [0.2, 0.25) is 0 Å². The Morgan fingerprint density at radius 3 is 1.38 bits per heavy atom. The lowest BCUT2D eigenvalue weighted by atomic mass is 10.2. The number of benzene rings is 3. The topological polar surface area (TPSA) is 9.23 Å². The van der Waals surface area contributed by atoms with Gasteiger partial charge in [0.1, 0.15) is 40.7 Å². The standard InChI is InChI=1S/C7H5F2O.2C7H5F2.Al/c1-10-7-3-5(8)2-6(9)4-7;2*1-5-2-3-6(8)4-7(5)9;/h3-4H,1H3;2*2,4H,1H3;. The van der Waals surface area contributed by atoms with E-state index in [0.717, 1.165) is 24.3 Å². The van der Waals surface area contributed by atoms with Crippen LogP contribution in [0.15, 0.2) is 36.4 Å². The molecule has 150 valence electrons. The Labute approximate surface area is 167 Å². The minimum absolute atomic E-state index is 0.0347. The molecule has 0 fully saturated rings. The van der Waals surface area contributed by atoms with Crippen LogP contribution in [-0.4, -0.2) is 21.3 Å². The van der Waals surface area contributed by atoms with Crippen LogP contribution < -0.4 is 18.0 Å². The molecule has 29 heavy (non-hydrogen) atoms. The van der Waals surface area contributed by atoms with Gasteiger partial charge in [-0.05, 0) is 29.4 Å². The van der Waals surface area contributed by atoms with E-state index in [4.69, 9.17) is 4.74 Å². The van der Waals surface area contributed by atoms with Crippen molar-refractivity contribution in [1.29, 1.82) is 0 Å². The molecule has 0 saturated heterocycles. The van der Waals surface area contributed by atoms with Crippen molar-refractivity contribution in [2.75, 3.05) is 7.11 Å². The van der Waals surface area contributed by atoms with E-state index < -0.39 is 53.5 Å². The van der Waals surface area contributed by atoms with E-state index in [0.29, 0.717) is 12.1 Å². The maximum atomic E-state index is 14.9. The SMILES string of the molecule is COc1cc(F)[c]([Al]([c]2cc(C)c(F)cc2F)[c]2cc(C)c(F)cc2F)c(F)c1. The molecule has 0 saturated carbocycles.